The van der Waals surface area contributed by atoms with Crippen molar-refractivity contribution in [2.75, 3.05) is 0 Å². The zero-order valence-electron chi connectivity index (χ0n) is 10.1. The van der Waals surface area contributed by atoms with Crippen LogP contribution in [0.15, 0.2) is 48.5 Å². The van der Waals surface area contributed by atoms with E-state index in [1.165, 1.54) is 22.3 Å². The van der Waals surface area contributed by atoms with E-state index in [2.05, 4.69) is 60.8 Å². The smallest absolute Gasteiger partial charge is 0.0367 e. The second kappa shape index (κ2) is 4.34. The zero-order valence-corrected chi connectivity index (χ0v) is 10.1. The van der Waals surface area contributed by atoms with E-state index in [1.807, 2.05) is 0 Å². The normalized spacial score (nSPS) is 18.1. The molecule has 3 rings (SSSR count). The molecule has 1 atom stereocenters. The van der Waals surface area contributed by atoms with Gasteiger partial charge in [0, 0.05) is 12.6 Å². The van der Waals surface area contributed by atoms with Crippen LogP contribution in [0, 0.1) is 6.92 Å². The van der Waals surface area contributed by atoms with E-state index in [-0.39, 0.29) is 0 Å². The number of fused-ring (bicyclic) bond motifs is 1. The van der Waals surface area contributed by atoms with Gasteiger partial charge in [-0.25, -0.2) is 0 Å². The van der Waals surface area contributed by atoms with Crippen LogP contribution >= 0.6 is 0 Å². The van der Waals surface area contributed by atoms with Crippen LogP contribution < -0.4 is 5.32 Å². The summed E-state index contributed by atoms with van der Waals surface area (Å²) >= 11 is 0. The monoisotopic (exact) mass is 223 g/mol. The maximum Gasteiger partial charge on any atom is 0.0367 e. The first kappa shape index (κ1) is 10.5. The van der Waals surface area contributed by atoms with Crippen LogP contribution in [0.25, 0.3) is 0 Å². The fourth-order valence-corrected chi connectivity index (χ4v) is 2.62. The van der Waals surface area contributed by atoms with E-state index >= 15 is 0 Å². The molecule has 2 aromatic carbocycles. The maximum atomic E-state index is 3.60. The summed E-state index contributed by atoms with van der Waals surface area (Å²) in [6, 6.07) is 17.9. The highest BCUT2D eigenvalue weighted by molar-refractivity contribution is 5.36. The molecule has 0 saturated carbocycles. The van der Waals surface area contributed by atoms with E-state index in [0.29, 0.717) is 6.04 Å². The molecule has 1 nitrogen and oxygen atoms in total. The summed E-state index contributed by atoms with van der Waals surface area (Å²) in [5.74, 6) is 0. The Bertz CT molecular complexity index is 531. The van der Waals surface area contributed by atoms with Gasteiger partial charge in [0.1, 0.15) is 0 Å². The number of benzene rings is 2. The molecular weight excluding hydrogens is 206 g/mol. The van der Waals surface area contributed by atoms with Crippen LogP contribution in [0.4, 0.5) is 0 Å². The van der Waals surface area contributed by atoms with Crippen LogP contribution in [-0.4, -0.2) is 0 Å². The first-order chi connectivity index (χ1) is 8.34. The maximum absolute atomic E-state index is 3.60. The lowest BCUT2D eigenvalue weighted by molar-refractivity contribution is 0.580. The number of nitrogens with one attached hydrogen (secondary N) is 1. The number of hydrogen-bond donors (Lipinski definition) is 1. The molecule has 1 aliphatic rings. The lowest BCUT2D eigenvalue weighted by Crippen LogP contribution is -2.15. The molecule has 86 valence electrons. The molecule has 1 heterocycles. The van der Waals surface area contributed by atoms with Gasteiger partial charge in [-0.05, 0) is 35.6 Å². The summed E-state index contributed by atoms with van der Waals surface area (Å²) in [6.45, 7) is 3.20. The fraction of sp³-hybridized carbons (Fsp3) is 0.250. The second-order valence-corrected chi connectivity index (χ2v) is 4.76. The van der Waals surface area contributed by atoms with Gasteiger partial charge in [0.05, 0.1) is 0 Å². The summed E-state index contributed by atoms with van der Waals surface area (Å²) < 4.78 is 0. The van der Waals surface area contributed by atoms with Gasteiger partial charge in [-0.3, -0.25) is 0 Å². The average Bonchev–Trinajstić information content (AvgIpc) is 2.76. The van der Waals surface area contributed by atoms with Crippen molar-refractivity contribution < 1.29 is 0 Å². The molecule has 0 saturated heterocycles. The molecule has 1 aliphatic heterocycles. The van der Waals surface area contributed by atoms with Crippen LogP contribution in [0.5, 0.6) is 0 Å². The predicted octanol–water partition coefficient (Wildman–Crippen LogP) is 3.38. The van der Waals surface area contributed by atoms with E-state index in [0.717, 1.165) is 13.0 Å². The molecule has 1 heteroatoms. The van der Waals surface area contributed by atoms with E-state index in [1.54, 1.807) is 0 Å². The largest absolute Gasteiger partial charge is 0.306 e. The second-order valence-electron chi connectivity index (χ2n) is 4.76. The van der Waals surface area contributed by atoms with Gasteiger partial charge in [0.15, 0.2) is 0 Å². The minimum absolute atomic E-state index is 0.479. The van der Waals surface area contributed by atoms with Crippen LogP contribution in [-0.2, 0) is 13.0 Å². The van der Waals surface area contributed by atoms with Crippen molar-refractivity contribution in [3.05, 3.63) is 70.8 Å². The number of rotatable bonds is 2. The first-order valence-corrected chi connectivity index (χ1v) is 6.20. The Kier molecular flexibility index (Phi) is 2.69. The zero-order chi connectivity index (χ0) is 11.7. The van der Waals surface area contributed by atoms with Gasteiger partial charge in [-0.15, -0.1) is 0 Å². The Morgan fingerprint density at radius 2 is 1.82 bits per heavy atom. The molecule has 0 spiro atoms. The highest BCUT2D eigenvalue weighted by Gasteiger charge is 2.21. The highest BCUT2D eigenvalue weighted by atomic mass is 14.9. The standard InChI is InChI=1S/C16H17N/c1-12-6-2-3-7-13(12)10-16-15-9-5-4-8-14(15)11-17-16/h2-9,16-17H,10-11H2,1H3. The third-order valence-corrected chi connectivity index (χ3v) is 3.65. The number of aryl methyl sites for hydroxylation is 1. The molecule has 1 unspecified atom stereocenters. The number of hydrogen-bond acceptors (Lipinski definition) is 1. The van der Waals surface area contributed by atoms with Crippen molar-refractivity contribution in [1.82, 2.24) is 5.32 Å². The molecule has 1 N–H and O–H groups in total. The summed E-state index contributed by atoms with van der Waals surface area (Å²) in [6.07, 6.45) is 1.09. The molecule has 0 bridgehead atoms. The highest BCUT2D eigenvalue weighted by Crippen LogP contribution is 2.28. The van der Waals surface area contributed by atoms with Crippen molar-refractivity contribution in [2.45, 2.75) is 25.9 Å². The van der Waals surface area contributed by atoms with Crippen LogP contribution in [0.3, 0.4) is 0 Å². The van der Waals surface area contributed by atoms with Gasteiger partial charge < -0.3 is 5.32 Å². The first-order valence-electron chi connectivity index (χ1n) is 6.20. The van der Waals surface area contributed by atoms with Crippen molar-refractivity contribution in [3.63, 3.8) is 0 Å². The lowest BCUT2D eigenvalue weighted by atomic mass is 9.96. The lowest BCUT2D eigenvalue weighted by Gasteiger charge is -2.13. The van der Waals surface area contributed by atoms with Crippen LogP contribution in [0.2, 0.25) is 0 Å². The molecule has 0 aliphatic carbocycles. The quantitative estimate of drug-likeness (QED) is 0.823. The molecule has 0 aromatic heterocycles. The molecule has 0 radical (unpaired) electrons. The van der Waals surface area contributed by atoms with Crippen molar-refractivity contribution >= 4 is 0 Å². The van der Waals surface area contributed by atoms with Crippen molar-refractivity contribution in [3.8, 4) is 0 Å². The SMILES string of the molecule is Cc1ccccc1CC1NCc2ccccc21. The summed E-state index contributed by atoms with van der Waals surface area (Å²) in [5, 5.41) is 3.60. The topological polar surface area (TPSA) is 12.0 Å². The Morgan fingerprint density at radius 3 is 2.71 bits per heavy atom. The fourth-order valence-electron chi connectivity index (χ4n) is 2.62. The van der Waals surface area contributed by atoms with Crippen molar-refractivity contribution in [1.29, 1.82) is 0 Å². The molecule has 0 fully saturated rings. The minimum Gasteiger partial charge on any atom is -0.306 e. The Hall–Kier alpha value is -1.60. The van der Waals surface area contributed by atoms with Gasteiger partial charge in [-0.2, -0.15) is 0 Å². The molecule has 17 heavy (non-hydrogen) atoms. The van der Waals surface area contributed by atoms with Crippen LogP contribution in [0.1, 0.15) is 28.3 Å². The predicted molar refractivity (Wildman–Crippen MR) is 70.9 cm³/mol. The Labute approximate surface area is 102 Å². The van der Waals surface area contributed by atoms with Gasteiger partial charge >= 0.3 is 0 Å². The molecule has 2 aromatic rings. The third-order valence-electron chi connectivity index (χ3n) is 3.65. The van der Waals surface area contributed by atoms with E-state index in [9.17, 15) is 0 Å². The molecule has 0 amide bonds. The Balaban J connectivity index is 1.87. The van der Waals surface area contributed by atoms with E-state index in [4.69, 9.17) is 0 Å². The van der Waals surface area contributed by atoms with Crippen molar-refractivity contribution in [2.24, 2.45) is 0 Å². The molecular formula is C16H17N. The van der Waals surface area contributed by atoms with Gasteiger partial charge in [0.2, 0.25) is 0 Å². The summed E-state index contributed by atoms with van der Waals surface area (Å²) in [7, 11) is 0. The third kappa shape index (κ3) is 1.98. The van der Waals surface area contributed by atoms with Gasteiger partial charge in [-0.1, -0.05) is 48.5 Å². The summed E-state index contributed by atoms with van der Waals surface area (Å²) in [5.41, 5.74) is 5.75. The Morgan fingerprint density at radius 1 is 1.06 bits per heavy atom. The summed E-state index contributed by atoms with van der Waals surface area (Å²) in [4.78, 5) is 0. The van der Waals surface area contributed by atoms with Gasteiger partial charge in [0.25, 0.3) is 0 Å². The average molecular weight is 223 g/mol. The van der Waals surface area contributed by atoms with E-state index < -0.39 is 0 Å². The minimum atomic E-state index is 0.479.